The third-order valence-electron chi connectivity index (χ3n) is 1.95. The van der Waals surface area contributed by atoms with Crippen molar-refractivity contribution in [2.75, 3.05) is 23.4 Å². The van der Waals surface area contributed by atoms with Gasteiger partial charge in [-0.25, -0.2) is 0 Å². The minimum Gasteiger partial charge on any atom is -0.382 e. The molecule has 3 N–H and O–H groups in total. The highest BCUT2D eigenvalue weighted by molar-refractivity contribution is 7.99. The van der Waals surface area contributed by atoms with Gasteiger partial charge in [0.15, 0.2) is 0 Å². The molecule has 0 aromatic carbocycles. The number of anilines is 1. The van der Waals surface area contributed by atoms with Gasteiger partial charge in [0, 0.05) is 12.7 Å². The summed E-state index contributed by atoms with van der Waals surface area (Å²) in [6, 6.07) is 0. The molecule has 0 aliphatic carbocycles. The molecule has 1 aromatic rings. The van der Waals surface area contributed by atoms with Crippen LogP contribution in [0.2, 0.25) is 0 Å². The van der Waals surface area contributed by atoms with Crippen LogP contribution in [0.3, 0.4) is 0 Å². The smallest absolute Gasteiger partial charge is 0.239 e. The average molecular weight is 242 g/mol. The number of aromatic nitrogens is 2. The normalized spacial score (nSPS) is 10.3. The molecule has 1 rings (SSSR count). The van der Waals surface area contributed by atoms with Crippen molar-refractivity contribution in [3.8, 4) is 0 Å². The van der Waals surface area contributed by atoms with Crippen LogP contribution >= 0.6 is 11.8 Å². The van der Waals surface area contributed by atoms with Crippen LogP contribution in [-0.4, -0.2) is 33.7 Å². The number of nitrogens with one attached hydrogen (secondary N) is 1. The zero-order valence-corrected chi connectivity index (χ0v) is 10.3. The van der Waals surface area contributed by atoms with E-state index in [2.05, 4.69) is 17.3 Å². The molecule has 16 heavy (non-hydrogen) atoms. The second-order valence-corrected chi connectivity index (χ2v) is 4.76. The van der Waals surface area contributed by atoms with Gasteiger partial charge in [0.2, 0.25) is 5.91 Å². The van der Waals surface area contributed by atoms with Crippen LogP contribution in [0.4, 0.5) is 5.69 Å². The van der Waals surface area contributed by atoms with Gasteiger partial charge in [-0.15, -0.1) is 0 Å². The van der Waals surface area contributed by atoms with Crippen LogP contribution in [0.25, 0.3) is 0 Å². The molecule has 90 valence electrons. The minimum atomic E-state index is -0.381. The number of primary amides is 1. The maximum absolute atomic E-state index is 10.6. The van der Waals surface area contributed by atoms with Gasteiger partial charge in [0.05, 0.1) is 11.9 Å². The number of amides is 1. The summed E-state index contributed by atoms with van der Waals surface area (Å²) in [5.41, 5.74) is 6.00. The van der Waals surface area contributed by atoms with E-state index in [9.17, 15) is 4.79 Å². The van der Waals surface area contributed by atoms with Crippen LogP contribution in [0.15, 0.2) is 12.4 Å². The minimum absolute atomic E-state index is 0.132. The summed E-state index contributed by atoms with van der Waals surface area (Å²) < 4.78 is 1.53. The Hall–Kier alpha value is -1.17. The average Bonchev–Trinajstić information content (AvgIpc) is 2.64. The maximum Gasteiger partial charge on any atom is 0.239 e. The molecule has 6 heteroatoms. The zero-order chi connectivity index (χ0) is 11.8. The molecule has 1 heterocycles. The van der Waals surface area contributed by atoms with E-state index in [-0.39, 0.29) is 12.5 Å². The molecule has 0 atom stereocenters. The van der Waals surface area contributed by atoms with E-state index < -0.39 is 0 Å². The Morgan fingerprint density at radius 1 is 1.69 bits per heavy atom. The number of nitrogens with two attached hydrogens (primary N) is 1. The van der Waals surface area contributed by atoms with Crippen molar-refractivity contribution in [1.29, 1.82) is 0 Å². The Kier molecular flexibility index (Phi) is 5.77. The Morgan fingerprint density at radius 3 is 3.19 bits per heavy atom. The molecule has 1 aromatic heterocycles. The molecule has 0 saturated heterocycles. The van der Waals surface area contributed by atoms with Crippen molar-refractivity contribution in [2.45, 2.75) is 19.9 Å². The molecule has 0 radical (unpaired) electrons. The van der Waals surface area contributed by atoms with E-state index in [4.69, 9.17) is 5.73 Å². The summed E-state index contributed by atoms with van der Waals surface area (Å²) in [7, 11) is 0. The number of hydrogen-bond acceptors (Lipinski definition) is 4. The molecule has 5 nitrogen and oxygen atoms in total. The summed E-state index contributed by atoms with van der Waals surface area (Å²) in [6.45, 7) is 3.22. The second-order valence-electron chi connectivity index (χ2n) is 3.37. The Bertz CT molecular complexity index is 326. The van der Waals surface area contributed by atoms with Crippen LogP contribution in [0.1, 0.15) is 13.3 Å². The topological polar surface area (TPSA) is 72.9 Å². The molecule has 0 aliphatic rings. The fourth-order valence-electron chi connectivity index (χ4n) is 1.25. The molecule has 0 aliphatic heterocycles. The predicted molar refractivity (Wildman–Crippen MR) is 67.5 cm³/mol. The standard InChI is InChI=1S/C10H18N4OS/c1-2-16-5-3-4-12-9-6-13-14(7-9)8-10(11)15/h6-7,12H,2-5,8H2,1H3,(H2,11,15). The molecule has 0 bridgehead atoms. The first kappa shape index (κ1) is 12.9. The lowest BCUT2D eigenvalue weighted by molar-refractivity contribution is -0.118. The molecular weight excluding hydrogens is 224 g/mol. The first-order chi connectivity index (χ1) is 7.72. The third-order valence-corrected chi connectivity index (χ3v) is 2.94. The Balaban J connectivity index is 2.21. The number of thioether (sulfide) groups is 1. The molecule has 0 spiro atoms. The van der Waals surface area contributed by atoms with E-state index in [1.807, 2.05) is 11.8 Å². The van der Waals surface area contributed by atoms with Crippen molar-refractivity contribution < 1.29 is 4.79 Å². The molecule has 0 saturated carbocycles. The van der Waals surface area contributed by atoms with E-state index in [0.29, 0.717) is 0 Å². The van der Waals surface area contributed by atoms with Crippen molar-refractivity contribution in [3.05, 3.63) is 12.4 Å². The van der Waals surface area contributed by atoms with Crippen molar-refractivity contribution in [1.82, 2.24) is 9.78 Å². The largest absolute Gasteiger partial charge is 0.382 e. The van der Waals surface area contributed by atoms with Crippen molar-refractivity contribution >= 4 is 23.4 Å². The monoisotopic (exact) mass is 242 g/mol. The van der Waals surface area contributed by atoms with Gasteiger partial charge in [-0.1, -0.05) is 6.92 Å². The molecule has 0 fully saturated rings. The molecule has 1 amide bonds. The SMILES string of the molecule is CCSCCCNc1cnn(CC(N)=O)c1. The number of hydrogen-bond donors (Lipinski definition) is 2. The van der Waals surface area contributed by atoms with E-state index in [1.165, 1.54) is 10.4 Å². The summed E-state index contributed by atoms with van der Waals surface area (Å²) >= 11 is 1.93. The highest BCUT2D eigenvalue weighted by atomic mass is 32.2. The number of carbonyl (C=O) groups is 1. The second kappa shape index (κ2) is 7.16. The van der Waals surface area contributed by atoms with Gasteiger partial charge < -0.3 is 11.1 Å². The van der Waals surface area contributed by atoms with Crippen LogP contribution in [0.5, 0.6) is 0 Å². The van der Waals surface area contributed by atoms with Crippen molar-refractivity contribution in [3.63, 3.8) is 0 Å². The summed E-state index contributed by atoms with van der Waals surface area (Å²) in [5, 5.41) is 7.27. The summed E-state index contributed by atoms with van der Waals surface area (Å²) in [4.78, 5) is 10.6. The van der Waals surface area contributed by atoms with Crippen LogP contribution in [-0.2, 0) is 11.3 Å². The van der Waals surface area contributed by atoms with Gasteiger partial charge in [0.1, 0.15) is 6.54 Å². The van der Waals surface area contributed by atoms with Crippen LogP contribution in [0, 0.1) is 0 Å². The maximum atomic E-state index is 10.6. The fourth-order valence-corrected chi connectivity index (χ4v) is 1.89. The summed E-state index contributed by atoms with van der Waals surface area (Å²) in [6.07, 6.45) is 4.62. The van der Waals surface area contributed by atoms with Crippen molar-refractivity contribution in [2.24, 2.45) is 5.73 Å². The first-order valence-corrected chi connectivity index (χ1v) is 6.50. The quantitative estimate of drug-likeness (QED) is 0.665. The predicted octanol–water partition coefficient (Wildman–Crippen LogP) is 0.923. The zero-order valence-electron chi connectivity index (χ0n) is 9.48. The van der Waals surface area contributed by atoms with Crippen LogP contribution < -0.4 is 11.1 Å². The Labute approximate surface area is 99.8 Å². The number of rotatable bonds is 8. The lowest BCUT2D eigenvalue weighted by atomic mass is 10.4. The van der Waals surface area contributed by atoms with E-state index in [1.54, 1.807) is 12.4 Å². The first-order valence-electron chi connectivity index (χ1n) is 5.34. The van der Waals surface area contributed by atoms with Gasteiger partial charge in [0.25, 0.3) is 0 Å². The Morgan fingerprint density at radius 2 is 2.50 bits per heavy atom. The lowest BCUT2D eigenvalue weighted by Crippen LogP contribution is -2.18. The van der Waals surface area contributed by atoms with Gasteiger partial charge in [-0.2, -0.15) is 16.9 Å². The third kappa shape index (κ3) is 5.06. The van der Waals surface area contributed by atoms with Gasteiger partial charge in [-0.3, -0.25) is 9.48 Å². The van der Waals surface area contributed by atoms with Gasteiger partial charge >= 0.3 is 0 Å². The number of nitrogens with zero attached hydrogens (tertiary/aromatic N) is 2. The van der Waals surface area contributed by atoms with E-state index in [0.717, 1.165) is 24.4 Å². The number of carbonyl (C=O) groups excluding carboxylic acids is 1. The lowest BCUT2D eigenvalue weighted by Gasteiger charge is -2.02. The highest BCUT2D eigenvalue weighted by Gasteiger charge is 2.00. The van der Waals surface area contributed by atoms with Gasteiger partial charge in [-0.05, 0) is 17.9 Å². The molecule has 0 unspecified atom stereocenters. The summed E-state index contributed by atoms with van der Waals surface area (Å²) in [5.74, 6) is 1.95. The highest BCUT2D eigenvalue weighted by Crippen LogP contribution is 2.06. The van der Waals surface area contributed by atoms with E-state index >= 15 is 0 Å². The molecular formula is C10H18N4OS. The fraction of sp³-hybridized carbons (Fsp3) is 0.600.